The number of amides is 2. The molecule has 0 spiro atoms. The average molecular weight is 325 g/mol. The van der Waals surface area contributed by atoms with E-state index >= 15 is 0 Å². The van der Waals surface area contributed by atoms with Gasteiger partial charge in [0.15, 0.2) is 0 Å². The number of nitrogens with zero attached hydrogens (tertiary/aromatic N) is 2. The Balaban J connectivity index is 1.94. The summed E-state index contributed by atoms with van der Waals surface area (Å²) in [5, 5.41) is 3.44. The molecule has 2 heterocycles. The topological polar surface area (TPSA) is 61.9 Å². The predicted molar refractivity (Wildman–Crippen MR) is 89.2 cm³/mol. The van der Waals surface area contributed by atoms with Gasteiger partial charge in [-0.25, -0.2) is 4.79 Å². The summed E-state index contributed by atoms with van der Waals surface area (Å²) >= 11 is 0. The SMILES string of the molecule is C[C@H](NC1CC2CCC(C1)N2C(=O)OC(C)(C)C)C(=O)N(C)C. The number of carbonyl (C=O) groups excluding carboxylic acids is 2. The summed E-state index contributed by atoms with van der Waals surface area (Å²) in [6, 6.07) is 0.540. The molecule has 2 unspecified atom stereocenters. The van der Waals surface area contributed by atoms with Crippen LogP contribution in [0.3, 0.4) is 0 Å². The first-order chi connectivity index (χ1) is 10.6. The van der Waals surface area contributed by atoms with Gasteiger partial charge in [0.2, 0.25) is 5.91 Å². The second-order valence-electron chi connectivity index (χ2n) is 8.06. The molecule has 0 aromatic carbocycles. The number of hydrogen-bond donors (Lipinski definition) is 1. The van der Waals surface area contributed by atoms with Gasteiger partial charge in [0.1, 0.15) is 5.60 Å². The second-order valence-corrected chi connectivity index (χ2v) is 8.06. The van der Waals surface area contributed by atoms with Crippen LogP contribution < -0.4 is 5.32 Å². The third-order valence-corrected chi connectivity index (χ3v) is 4.63. The van der Waals surface area contributed by atoms with Crippen LogP contribution in [0.2, 0.25) is 0 Å². The van der Waals surface area contributed by atoms with Crippen molar-refractivity contribution in [3.63, 3.8) is 0 Å². The molecule has 0 aromatic rings. The Hall–Kier alpha value is -1.30. The summed E-state index contributed by atoms with van der Waals surface area (Å²) in [5.74, 6) is 0.0897. The highest BCUT2D eigenvalue weighted by Gasteiger charge is 2.45. The molecule has 0 aromatic heterocycles. The zero-order valence-electron chi connectivity index (χ0n) is 15.3. The molecule has 1 N–H and O–H groups in total. The third kappa shape index (κ3) is 4.37. The van der Waals surface area contributed by atoms with Crippen LogP contribution in [0.25, 0.3) is 0 Å². The molecular weight excluding hydrogens is 294 g/mol. The quantitative estimate of drug-likeness (QED) is 0.862. The van der Waals surface area contributed by atoms with Gasteiger partial charge in [-0.1, -0.05) is 0 Å². The van der Waals surface area contributed by atoms with Crippen molar-refractivity contribution < 1.29 is 14.3 Å². The van der Waals surface area contributed by atoms with Crippen LogP contribution in [0.1, 0.15) is 53.4 Å². The number of likely N-dealkylation sites (N-methyl/N-ethyl adjacent to an activating group) is 1. The van der Waals surface area contributed by atoms with Crippen molar-refractivity contribution in [2.75, 3.05) is 14.1 Å². The maximum absolute atomic E-state index is 12.4. The van der Waals surface area contributed by atoms with Gasteiger partial charge in [-0.15, -0.1) is 0 Å². The number of ether oxygens (including phenoxy) is 1. The second kappa shape index (κ2) is 6.67. The zero-order chi connectivity index (χ0) is 17.4. The highest BCUT2D eigenvalue weighted by atomic mass is 16.6. The number of carbonyl (C=O) groups is 2. The molecule has 2 aliphatic rings. The summed E-state index contributed by atoms with van der Waals surface area (Å²) in [6.45, 7) is 7.60. The minimum atomic E-state index is -0.460. The Morgan fingerprint density at radius 3 is 2.13 bits per heavy atom. The van der Waals surface area contributed by atoms with Gasteiger partial charge < -0.3 is 19.9 Å². The van der Waals surface area contributed by atoms with E-state index in [4.69, 9.17) is 4.74 Å². The lowest BCUT2D eigenvalue weighted by atomic mass is 9.97. The summed E-state index contributed by atoms with van der Waals surface area (Å²) in [7, 11) is 3.55. The monoisotopic (exact) mass is 325 g/mol. The third-order valence-electron chi connectivity index (χ3n) is 4.63. The number of piperidine rings is 1. The van der Waals surface area contributed by atoms with E-state index in [1.54, 1.807) is 19.0 Å². The molecule has 132 valence electrons. The van der Waals surface area contributed by atoms with Gasteiger partial charge in [0.05, 0.1) is 6.04 Å². The zero-order valence-corrected chi connectivity index (χ0v) is 15.3. The number of fused-ring (bicyclic) bond motifs is 2. The van der Waals surface area contributed by atoms with Crippen LogP contribution in [0.5, 0.6) is 0 Å². The van der Waals surface area contributed by atoms with Crippen LogP contribution in [-0.2, 0) is 9.53 Å². The van der Waals surface area contributed by atoms with E-state index in [1.807, 2.05) is 32.6 Å². The van der Waals surface area contributed by atoms with Crippen molar-refractivity contribution >= 4 is 12.0 Å². The maximum atomic E-state index is 12.4. The standard InChI is InChI=1S/C17H31N3O3/c1-11(15(21)19(5)6)18-12-9-13-7-8-14(10-12)20(13)16(22)23-17(2,3)4/h11-14,18H,7-10H2,1-6H3/t11-,12?,13?,14?/m0/s1. The molecule has 0 saturated carbocycles. The van der Waals surface area contributed by atoms with Crippen LogP contribution in [0.15, 0.2) is 0 Å². The molecule has 2 rings (SSSR count). The van der Waals surface area contributed by atoms with E-state index in [-0.39, 0.29) is 36.2 Å². The van der Waals surface area contributed by atoms with Gasteiger partial charge in [0, 0.05) is 32.2 Å². The molecule has 6 nitrogen and oxygen atoms in total. The largest absolute Gasteiger partial charge is 0.444 e. The smallest absolute Gasteiger partial charge is 0.410 e. The Morgan fingerprint density at radius 2 is 1.70 bits per heavy atom. The Kier molecular flexibility index (Phi) is 5.23. The molecule has 2 amide bonds. The molecule has 3 atom stereocenters. The molecule has 2 saturated heterocycles. The summed E-state index contributed by atoms with van der Waals surface area (Å²) in [4.78, 5) is 28.0. The van der Waals surface area contributed by atoms with Crippen molar-refractivity contribution in [3.05, 3.63) is 0 Å². The average Bonchev–Trinajstić information content (AvgIpc) is 2.68. The lowest BCUT2D eigenvalue weighted by Gasteiger charge is -2.40. The van der Waals surface area contributed by atoms with Crippen LogP contribution in [-0.4, -0.2) is 65.7 Å². The van der Waals surface area contributed by atoms with Gasteiger partial charge >= 0.3 is 6.09 Å². The molecule has 2 fully saturated rings. The molecule has 0 radical (unpaired) electrons. The maximum Gasteiger partial charge on any atom is 0.410 e. The highest BCUT2D eigenvalue weighted by Crippen LogP contribution is 2.37. The number of hydrogen-bond acceptors (Lipinski definition) is 4. The summed E-state index contributed by atoms with van der Waals surface area (Å²) < 4.78 is 5.55. The first-order valence-corrected chi connectivity index (χ1v) is 8.57. The molecule has 2 aliphatic heterocycles. The predicted octanol–water partition coefficient (Wildman–Crippen LogP) is 1.98. The fourth-order valence-corrected chi connectivity index (χ4v) is 3.74. The van der Waals surface area contributed by atoms with Gasteiger partial charge in [0.25, 0.3) is 0 Å². The normalized spacial score (nSPS) is 28.4. The Bertz CT molecular complexity index is 444. The van der Waals surface area contributed by atoms with Gasteiger partial charge in [-0.3, -0.25) is 4.79 Å². The molecular formula is C17H31N3O3. The molecule has 0 aliphatic carbocycles. The van der Waals surface area contributed by atoms with E-state index in [1.165, 1.54) is 0 Å². The lowest BCUT2D eigenvalue weighted by Crippen LogP contribution is -2.55. The van der Waals surface area contributed by atoms with Crippen molar-refractivity contribution in [1.82, 2.24) is 15.1 Å². The fourth-order valence-electron chi connectivity index (χ4n) is 3.74. The van der Waals surface area contributed by atoms with Crippen LogP contribution in [0, 0.1) is 0 Å². The van der Waals surface area contributed by atoms with E-state index in [0.29, 0.717) is 0 Å². The minimum absolute atomic E-state index is 0.0897. The van der Waals surface area contributed by atoms with E-state index in [9.17, 15) is 9.59 Å². The van der Waals surface area contributed by atoms with Crippen LogP contribution >= 0.6 is 0 Å². The van der Waals surface area contributed by atoms with Crippen molar-refractivity contribution in [2.24, 2.45) is 0 Å². The molecule has 2 bridgehead atoms. The fraction of sp³-hybridized carbons (Fsp3) is 0.882. The number of rotatable bonds is 3. The first kappa shape index (κ1) is 18.0. The number of nitrogens with one attached hydrogen (secondary N) is 1. The van der Waals surface area contributed by atoms with E-state index < -0.39 is 5.60 Å². The van der Waals surface area contributed by atoms with Crippen LogP contribution in [0.4, 0.5) is 4.79 Å². The van der Waals surface area contributed by atoms with Crippen molar-refractivity contribution in [1.29, 1.82) is 0 Å². The Morgan fingerprint density at radius 1 is 1.17 bits per heavy atom. The summed E-state index contributed by atoms with van der Waals surface area (Å²) in [6.07, 6.45) is 3.64. The van der Waals surface area contributed by atoms with Crippen molar-refractivity contribution in [2.45, 2.75) is 83.1 Å². The molecule has 6 heteroatoms. The minimum Gasteiger partial charge on any atom is -0.444 e. The first-order valence-electron chi connectivity index (χ1n) is 8.57. The summed E-state index contributed by atoms with van der Waals surface area (Å²) in [5.41, 5.74) is -0.460. The van der Waals surface area contributed by atoms with Crippen molar-refractivity contribution in [3.8, 4) is 0 Å². The van der Waals surface area contributed by atoms with Gasteiger partial charge in [-0.2, -0.15) is 0 Å². The van der Waals surface area contributed by atoms with E-state index in [0.717, 1.165) is 25.7 Å². The Labute approximate surface area is 139 Å². The molecule has 23 heavy (non-hydrogen) atoms. The lowest BCUT2D eigenvalue weighted by molar-refractivity contribution is -0.130. The highest BCUT2D eigenvalue weighted by molar-refractivity contribution is 5.81. The van der Waals surface area contributed by atoms with Gasteiger partial charge in [-0.05, 0) is 53.4 Å². The van der Waals surface area contributed by atoms with E-state index in [2.05, 4.69) is 5.32 Å².